The van der Waals surface area contributed by atoms with Crippen molar-refractivity contribution in [1.82, 2.24) is 30.1 Å². The average Bonchev–Trinajstić information content (AvgIpc) is 3.17. The quantitative estimate of drug-likeness (QED) is 0.846. The Bertz CT molecular complexity index is 639. The smallest absolute Gasteiger partial charge is 0.111 e. The lowest BCUT2D eigenvalue weighted by Gasteiger charge is -2.31. The van der Waals surface area contributed by atoms with Gasteiger partial charge in [-0.25, -0.2) is 4.68 Å². The Morgan fingerprint density at radius 1 is 1.29 bits per heavy atom. The Kier molecular flexibility index (Phi) is 5.30. The highest BCUT2D eigenvalue weighted by Crippen LogP contribution is 2.23. The van der Waals surface area contributed by atoms with Gasteiger partial charge in [-0.2, -0.15) is 5.10 Å². The van der Waals surface area contributed by atoms with Gasteiger partial charge < -0.3 is 5.11 Å². The van der Waals surface area contributed by atoms with Crippen molar-refractivity contribution in [3.05, 3.63) is 29.3 Å². The van der Waals surface area contributed by atoms with Gasteiger partial charge in [-0.05, 0) is 38.2 Å². The van der Waals surface area contributed by atoms with Crippen molar-refractivity contribution in [2.24, 2.45) is 5.92 Å². The van der Waals surface area contributed by atoms with Crippen LogP contribution in [0.4, 0.5) is 0 Å². The first kappa shape index (κ1) is 17.1. The monoisotopic (exact) mass is 332 g/mol. The van der Waals surface area contributed by atoms with E-state index in [0.29, 0.717) is 17.7 Å². The Hall–Kier alpha value is -1.73. The predicted octanol–water partition coefficient (Wildman–Crippen LogP) is 2.09. The maximum atomic E-state index is 9.56. The van der Waals surface area contributed by atoms with Crippen LogP contribution >= 0.6 is 0 Å². The highest BCUT2D eigenvalue weighted by atomic mass is 16.3. The summed E-state index contributed by atoms with van der Waals surface area (Å²) in [5.41, 5.74) is 3.00. The molecule has 1 aliphatic rings. The van der Waals surface area contributed by atoms with E-state index in [1.165, 1.54) is 5.69 Å². The molecule has 0 spiro atoms. The molecule has 0 aromatic carbocycles. The third-order valence-electron chi connectivity index (χ3n) is 4.58. The van der Waals surface area contributed by atoms with Crippen LogP contribution < -0.4 is 0 Å². The lowest BCUT2D eigenvalue weighted by Crippen LogP contribution is -2.34. The highest BCUT2D eigenvalue weighted by Gasteiger charge is 2.22. The number of likely N-dealkylation sites (tertiary alicyclic amines) is 1. The van der Waals surface area contributed by atoms with Crippen molar-refractivity contribution >= 4 is 0 Å². The van der Waals surface area contributed by atoms with Crippen molar-refractivity contribution in [3.63, 3.8) is 0 Å². The average molecular weight is 332 g/mol. The van der Waals surface area contributed by atoms with E-state index >= 15 is 0 Å². The van der Waals surface area contributed by atoms with Crippen LogP contribution in [-0.2, 0) is 13.0 Å². The van der Waals surface area contributed by atoms with E-state index in [0.717, 1.165) is 44.6 Å². The Labute approximate surface area is 143 Å². The molecule has 3 heterocycles. The second kappa shape index (κ2) is 7.44. The van der Waals surface area contributed by atoms with Crippen LogP contribution in [0.1, 0.15) is 62.8 Å². The van der Waals surface area contributed by atoms with Crippen LogP contribution in [-0.4, -0.2) is 48.3 Å². The van der Waals surface area contributed by atoms with Gasteiger partial charge in [-0.1, -0.05) is 19.1 Å². The fourth-order valence-electron chi connectivity index (χ4n) is 3.26. The number of aliphatic hydroxyl groups excluding tert-OH is 1. The normalized spacial score (nSPS) is 18.4. The van der Waals surface area contributed by atoms with Gasteiger partial charge in [0, 0.05) is 25.3 Å². The molecule has 0 radical (unpaired) electrons. The number of aromatic nitrogens is 5. The van der Waals surface area contributed by atoms with E-state index in [1.807, 2.05) is 10.9 Å². The molecule has 24 heavy (non-hydrogen) atoms. The first-order valence-corrected chi connectivity index (χ1v) is 8.86. The minimum atomic E-state index is -0.556. The molecule has 1 aliphatic heterocycles. The molecule has 0 saturated carbocycles. The first-order chi connectivity index (χ1) is 11.5. The zero-order valence-corrected chi connectivity index (χ0v) is 14.8. The number of nitrogens with one attached hydrogen (secondary N) is 1. The topological polar surface area (TPSA) is 82.9 Å². The Morgan fingerprint density at radius 3 is 2.67 bits per heavy atom. The molecule has 1 saturated heterocycles. The molecule has 1 atom stereocenters. The van der Waals surface area contributed by atoms with Gasteiger partial charge in [-0.3, -0.25) is 10.00 Å². The molecule has 2 N–H and O–H groups in total. The SMILES string of the molecule is CC(C)Cc1cc(CN2CCC(n3cc([C@@H](C)O)nn3)CC2)[nH]n1. The molecule has 0 bridgehead atoms. The first-order valence-electron chi connectivity index (χ1n) is 8.86. The van der Waals surface area contributed by atoms with Gasteiger partial charge in [0.25, 0.3) is 0 Å². The van der Waals surface area contributed by atoms with Gasteiger partial charge in [0.1, 0.15) is 5.69 Å². The van der Waals surface area contributed by atoms with Crippen molar-refractivity contribution < 1.29 is 5.11 Å². The molecule has 7 heteroatoms. The largest absolute Gasteiger partial charge is 0.387 e. The molecule has 0 amide bonds. The number of aromatic amines is 1. The van der Waals surface area contributed by atoms with Crippen LogP contribution in [0.25, 0.3) is 0 Å². The van der Waals surface area contributed by atoms with E-state index in [9.17, 15) is 5.11 Å². The molecule has 2 aromatic rings. The second-order valence-corrected chi connectivity index (χ2v) is 7.29. The summed E-state index contributed by atoms with van der Waals surface area (Å²) in [7, 11) is 0. The number of hydrogen-bond acceptors (Lipinski definition) is 5. The summed E-state index contributed by atoms with van der Waals surface area (Å²) in [6.45, 7) is 9.14. The van der Waals surface area contributed by atoms with Gasteiger partial charge in [-0.15, -0.1) is 5.10 Å². The summed E-state index contributed by atoms with van der Waals surface area (Å²) in [5.74, 6) is 0.631. The molecule has 0 aliphatic carbocycles. The van der Waals surface area contributed by atoms with E-state index < -0.39 is 6.10 Å². The second-order valence-electron chi connectivity index (χ2n) is 7.29. The molecule has 7 nitrogen and oxygen atoms in total. The van der Waals surface area contributed by atoms with Gasteiger partial charge in [0.05, 0.1) is 24.0 Å². The van der Waals surface area contributed by atoms with E-state index in [-0.39, 0.29) is 0 Å². The number of aliphatic hydroxyl groups is 1. The number of H-pyrrole nitrogens is 1. The van der Waals surface area contributed by atoms with E-state index in [2.05, 4.69) is 45.3 Å². The lowest BCUT2D eigenvalue weighted by molar-refractivity contribution is 0.170. The summed E-state index contributed by atoms with van der Waals surface area (Å²) in [6, 6.07) is 2.57. The summed E-state index contributed by atoms with van der Waals surface area (Å²) in [6.07, 6.45) is 4.44. The molecular weight excluding hydrogens is 304 g/mol. The minimum Gasteiger partial charge on any atom is -0.387 e. The molecule has 0 unspecified atom stereocenters. The number of piperidine rings is 1. The zero-order chi connectivity index (χ0) is 17.1. The Morgan fingerprint density at radius 2 is 2.04 bits per heavy atom. The predicted molar refractivity (Wildman–Crippen MR) is 91.3 cm³/mol. The number of nitrogens with zero attached hydrogens (tertiary/aromatic N) is 5. The maximum Gasteiger partial charge on any atom is 0.111 e. The van der Waals surface area contributed by atoms with Crippen LogP contribution in [0.15, 0.2) is 12.3 Å². The van der Waals surface area contributed by atoms with Crippen molar-refractivity contribution in [1.29, 1.82) is 0 Å². The number of hydrogen-bond donors (Lipinski definition) is 2. The van der Waals surface area contributed by atoms with Crippen LogP contribution in [0.2, 0.25) is 0 Å². The fourth-order valence-corrected chi connectivity index (χ4v) is 3.26. The molecule has 132 valence electrons. The van der Waals surface area contributed by atoms with Crippen molar-refractivity contribution in [2.75, 3.05) is 13.1 Å². The zero-order valence-electron chi connectivity index (χ0n) is 14.8. The fraction of sp³-hybridized carbons (Fsp3) is 0.706. The van der Waals surface area contributed by atoms with Crippen LogP contribution in [0.3, 0.4) is 0 Å². The van der Waals surface area contributed by atoms with Gasteiger partial charge in [0.15, 0.2) is 0 Å². The summed E-state index contributed by atoms with van der Waals surface area (Å²) in [4.78, 5) is 2.45. The third kappa shape index (κ3) is 4.21. The third-order valence-corrected chi connectivity index (χ3v) is 4.58. The maximum absolute atomic E-state index is 9.56. The standard InChI is InChI=1S/C17H28N6O/c1-12(2)8-14-9-15(19-18-14)10-22-6-4-16(5-7-22)23-11-17(13(3)24)20-21-23/h9,11-13,16,24H,4-8,10H2,1-3H3,(H,18,19)/t13-/m1/s1. The van der Waals surface area contributed by atoms with E-state index in [1.54, 1.807) is 6.92 Å². The van der Waals surface area contributed by atoms with Crippen molar-refractivity contribution in [2.45, 2.75) is 58.7 Å². The molecule has 2 aromatic heterocycles. The molecule has 1 fully saturated rings. The molecular formula is C17H28N6O. The lowest BCUT2D eigenvalue weighted by atomic mass is 10.0. The summed E-state index contributed by atoms with van der Waals surface area (Å²) in [5, 5.41) is 25.4. The minimum absolute atomic E-state index is 0.375. The van der Waals surface area contributed by atoms with Crippen LogP contribution in [0, 0.1) is 5.92 Å². The van der Waals surface area contributed by atoms with E-state index in [4.69, 9.17) is 0 Å². The van der Waals surface area contributed by atoms with Crippen LogP contribution in [0.5, 0.6) is 0 Å². The number of rotatable bonds is 6. The van der Waals surface area contributed by atoms with Crippen molar-refractivity contribution in [3.8, 4) is 0 Å². The Balaban J connectivity index is 1.50. The summed E-state index contributed by atoms with van der Waals surface area (Å²) >= 11 is 0. The van der Waals surface area contributed by atoms with Gasteiger partial charge >= 0.3 is 0 Å². The summed E-state index contributed by atoms with van der Waals surface area (Å²) < 4.78 is 1.91. The van der Waals surface area contributed by atoms with Gasteiger partial charge in [0.2, 0.25) is 0 Å². The highest BCUT2D eigenvalue weighted by molar-refractivity contribution is 5.09. The molecule has 3 rings (SSSR count).